The van der Waals surface area contributed by atoms with Crippen molar-refractivity contribution in [3.05, 3.63) is 65.2 Å². The van der Waals surface area contributed by atoms with Gasteiger partial charge in [0.05, 0.1) is 13.3 Å². The van der Waals surface area contributed by atoms with Crippen molar-refractivity contribution >= 4 is 12.1 Å². The van der Waals surface area contributed by atoms with Crippen LogP contribution in [0.15, 0.2) is 53.6 Å². The van der Waals surface area contributed by atoms with Crippen LogP contribution < -0.4 is 21.0 Å². The Morgan fingerprint density at radius 2 is 1.88 bits per heavy atom. The first-order valence-corrected chi connectivity index (χ1v) is 8.20. The molecule has 25 heavy (non-hydrogen) atoms. The van der Waals surface area contributed by atoms with E-state index >= 15 is 0 Å². The number of aryl methyl sites for hydroxylation is 1. The molecule has 0 radical (unpaired) electrons. The second-order valence-corrected chi connectivity index (χ2v) is 6.05. The minimum atomic E-state index is -0.331. The average Bonchev–Trinajstić information content (AvgIpc) is 3.13. The van der Waals surface area contributed by atoms with Crippen LogP contribution in [0.1, 0.15) is 29.2 Å². The summed E-state index contributed by atoms with van der Waals surface area (Å²) in [5.41, 5.74) is 12.0. The SMILES string of the molecule is COc1ccc(C2CC(C(=O)N/N=C/c3ccc(C)cc3)NN2)cc1. The van der Waals surface area contributed by atoms with E-state index in [-0.39, 0.29) is 18.0 Å². The van der Waals surface area contributed by atoms with Gasteiger partial charge in [-0.15, -0.1) is 0 Å². The Hall–Kier alpha value is -2.70. The van der Waals surface area contributed by atoms with E-state index in [0.29, 0.717) is 6.42 Å². The van der Waals surface area contributed by atoms with Crippen LogP contribution in [0.25, 0.3) is 0 Å². The van der Waals surface area contributed by atoms with Crippen LogP contribution in [-0.4, -0.2) is 25.3 Å². The Bertz CT molecular complexity index is 741. The quantitative estimate of drug-likeness (QED) is 0.576. The number of rotatable bonds is 5. The monoisotopic (exact) mass is 338 g/mol. The van der Waals surface area contributed by atoms with Gasteiger partial charge in [-0.3, -0.25) is 4.79 Å². The van der Waals surface area contributed by atoms with Crippen LogP contribution in [0, 0.1) is 6.92 Å². The molecule has 1 saturated heterocycles. The van der Waals surface area contributed by atoms with Gasteiger partial charge < -0.3 is 4.74 Å². The zero-order valence-corrected chi connectivity index (χ0v) is 14.3. The predicted molar refractivity (Wildman–Crippen MR) is 97.3 cm³/mol. The molecule has 3 rings (SSSR count). The number of carbonyl (C=O) groups is 1. The molecule has 0 bridgehead atoms. The van der Waals surface area contributed by atoms with Crippen molar-refractivity contribution in [2.45, 2.75) is 25.4 Å². The molecule has 0 aliphatic carbocycles. The maximum absolute atomic E-state index is 12.2. The molecular weight excluding hydrogens is 316 g/mol. The number of hydrazine groups is 1. The first-order chi connectivity index (χ1) is 12.2. The van der Waals surface area contributed by atoms with Crippen molar-refractivity contribution in [1.82, 2.24) is 16.3 Å². The van der Waals surface area contributed by atoms with E-state index in [4.69, 9.17) is 4.74 Å². The molecule has 1 heterocycles. The molecule has 130 valence electrons. The molecule has 1 aliphatic rings. The Kier molecular flexibility index (Phi) is 5.42. The highest BCUT2D eigenvalue weighted by Gasteiger charge is 2.29. The van der Waals surface area contributed by atoms with Crippen molar-refractivity contribution in [3.8, 4) is 5.75 Å². The minimum Gasteiger partial charge on any atom is -0.497 e. The van der Waals surface area contributed by atoms with E-state index < -0.39 is 0 Å². The molecule has 1 amide bonds. The van der Waals surface area contributed by atoms with Gasteiger partial charge in [-0.2, -0.15) is 5.10 Å². The fourth-order valence-electron chi connectivity index (χ4n) is 2.68. The normalized spacial score (nSPS) is 19.9. The van der Waals surface area contributed by atoms with Crippen molar-refractivity contribution in [2.75, 3.05) is 7.11 Å². The van der Waals surface area contributed by atoms with E-state index in [1.54, 1.807) is 13.3 Å². The number of nitrogens with zero attached hydrogens (tertiary/aromatic N) is 1. The third-order valence-electron chi connectivity index (χ3n) is 4.20. The van der Waals surface area contributed by atoms with E-state index in [9.17, 15) is 4.79 Å². The molecule has 1 aliphatic heterocycles. The lowest BCUT2D eigenvalue weighted by atomic mass is 10.0. The highest BCUT2D eigenvalue weighted by atomic mass is 16.5. The zero-order valence-electron chi connectivity index (χ0n) is 14.3. The molecule has 2 aromatic rings. The number of benzene rings is 2. The summed E-state index contributed by atoms with van der Waals surface area (Å²) in [6.07, 6.45) is 2.29. The van der Waals surface area contributed by atoms with E-state index in [0.717, 1.165) is 16.9 Å². The van der Waals surface area contributed by atoms with Gasteiger partial charge in [-0.25, -0.2) is 16.3 Å². The van der Waals surface area contributed by atoms with Gasteiger partial charge in [-0.1, -0.05) is 42.0 Å². The molecule has 0 spiro atoms. The van der Waals surface area contributed by atoms with Crippen molar-refractivity contribution in [1.29, 1.82) is 0 Å². The van der Waals surface area contributed by atoms with Crippen molar-refractivity contribution < 1.29 is 9.53 Å². The topological polar surface area (TPSA) is 74.8 Å². The standard InChI is InChI=1S/C19H22N4O2/c1-13-3-5-14(6-4-13)12-20-23-19(24)18-11-17(21-22-18)15-7-9-16(25-2)10-8-15/h3-10,12,17-18,21-22H,11H2,1-2H3,(H,23,24)/b20-12+. The van der Waals surface area contributed by atoms with Gasteiger partial charge in [0, 0.05) is 6.04 Å². The first kappa shape index (κ1) is 17.1. The summed E-state index contributed by atoms with van der Waals surface area (Å²) in [7, 11) is 1.64. The summed E-state index contributed by atoms with van der Waals surface area (Å²) < 4.78 is 5.16. The van der Waals surface area contributed by atoms with Crippen LogP contribution in [-0.2, 0) is 4.79 Å². The summed E-state index contributed by atoms with van der Waals surface area (Å²) in [6.45, 7) is 2.03. The van der Waals surface area contributed by atoms with Gasteiger partial charge >= 0.3 is 0 Å². The van der Waals surface area contributed by atoms with E-state index in [1.165, 1.54) is 5.56 Å². The molecular formula is C19H22N4O2. The molecule has 1 fully saturated rings. The largest absolute Gasteiger partial charge is 0.497 e. The van der Waals surface area contributed by atoms with Crippen molar-refractivity contribution in [2.24, 2.45) is 5.10 Å². The maximum Gasteiger partial charge on any atom is 0.258 e. The van der Waals surface area contributed by atoms with Gasteiger partial charge in [0.1, 0.15) is 11.8 Å². The molecule has 0 saturated carbocycles. The lowest BCUT2D eigenvalue weighted by Crippen LogP contribution is -2.41. The summed E-state index contributed by atoms with van der Waals surface area (Å²) in [6, 6.07) is 15.5. The van der Waals surface area contributed by atoms with Gasteiger partial charge in [0.25, 0.3) is 5.91 Å². The Balaban J connectivity index is 1.52. The molecule has 3 N–H and O–H groups in total. The Morgan fingerprint density at radius 1 is 1.16 bits per heavy atom. The van der Waals surface area contributed by atoms with Crippen LogP contribution >= 0.6 is 0 Å². The lowest BCUT2D eigenvalue weighted by Gasteiger charge is -2.10. The fourth-order valence-corrected chi connectivity index (χ4v) is 2.68. The minimum absolute atomic E-state index is 0.0720. The number of ether oxygens (including phenoxy) is 1. The Labute approximate surface area is 147 Å². The summed E-state index contributed by atoms with van der Waals surface area (Å²) >= 11 is 0. The molecule has 6 nitrogen and oxygen atoms in total. The number of hydrogen-bond acceptors (Lipinski definition) is 5. The zero-order chi connectivity index (χ0) is 17.6. The maximum atomic E-state index is 12.2. The average molecular weight is 338 g/mol. The van der Waals surface area contributed by atoms with Crippen LogP contribution in [0.5, 0.6) is 5.75 Å². The molecule has 2 unspecified atom stereocenters. The highest BCUT2D eigenvalue weighted by Crippen LogP contribution is 2.24. The van der Waals surface area contributed by atoms with Gasteiger partial charge in [0.15, 0.2) is 0 Å². The van der Waals surface area contributed by atoms with Gasteiger partial charge in [-0.05, 0) is 36.6 Å². The Morgan fingerprint density at radius 3 is 2.56 bits per heavy atom. The molecule has 2 atom stereocenters. The fraction of sp³-hybridized carbons (Fsp3) is 0.263. The number of nitrogens with one attached hydrogen (secondary N) is 3. The van der Waals surface area contributed by atoms with Crippen LogP contribution in [0.2, 0.25) is 0 Å². The molecule has 0 aromatic heterocycles. The lowest BCUT2D eigenvalue weighted by molar-refractivity contribution is -0.122. The second kappa shape index (κ2) is 7.92. The number of hydrazone groups is 1. The summed E-state index contributed by atoms with van der Waals surface area (Å²) in [5.74, 6) is 0.654. The summed E-state index contributed by atoms with van der Waals surface area (Å²) in [5, 5.41) is 4.03. The first-order valence-electron chi connectivity index (χ1n) is 8.20. The highest BCUT2D eigenvalue weighted by molar-refractivity contribution is 5.85. The second-order valence-electron chi connectivity index (χ2n) is 6.05. The summed E-state index contributed by atoms with van der Waals surface area (Å²) in [4.78, 5) is 12.2. The van der Waals surface area contributed by atoms with E-state index in [2.05, 4.69) is 21.4 Å². The third kappa shape index (κ3) is 4.43. The van der Waals surface area contributed by atoms with Crippen LogP contribution in [0.3, 0.4) is 0 Å². The van der Waals surface area contributed by atoms with Gasteiger partial charge in [0.2, 0.25) is 0 Å². The van der Waals surface area contributed by atoms with Crippen molar-refractivity contribution in [3.63, 3.8) is 0 Å². The number of amides is 1. The predicted octanol–water partition coefficient (Wildman–Crippen LogP) is 2.06. The third-order valence-corrected chi connectivity index (χ3v) is 4.20. The molecule has 6 heteroatoms. The number of carbonyl (C=O) groups excluding carboxylic acids is 1. The number of hydrogen-bond donors (Lipinski definition) is 3. The number of methoxy groups -OCH3 is 1. The molecule has 2 aromatic carbocycles. The van der Waals surface area contributed by atoms with E-state index in [1.807, 2.05) is 55.5 Å². The smallest absolute Gasteiger partial charge is 0.258 e. The van der Waals surface area contributed by atoms with Crippen LogP contribution in [0.4, 0.5) is 0 Å².